The molecule has 1 amide bonds. The molecule has 2 heterocycles. The van der Waals surface area contributed by atoms with Crippen molar-refractivity contribution >= 4 is 17.2 Å². The molecule has 0 bridgehead atoms. The fourth-order valence-electron chi connectivity index (χ4n) is 2.80. The highest BCUT2D eigenvalue weighted by atomic mass is 32.1. The smallest absolute Gasteiger partial charge is 0.226 e. The Morgan fingerprint density at radius 3 is 2.79 bits per heavy atom. The van der Waals surface area contributed by atoms with Crippen molar-refractivity contribution in [1.82, 2.24) is 19.9 Å². The summed E-state index contributed by atoms with van der Waals surface area (Å²) in [7, 11) is 0. The molecule has 28 heavy (non-hydrogen) atoms. The van der Waals surface area contributed by atoms with E-state index in [9.17, 15) is 9.18 Å². The van der Waals surface area contributed by atoms with Crippen molar-refractivity contribution in [2.75, 3.05) is 0 Å². The predicted molar refractivity (Wildman–Crippen MR) is 107 cm³/mol. The summed E-state index contributed by atoms with van der Waals surface area (Å²) >= 11 is 1.51. The molecule has 7 heteroatoms. The molecule has 0 saturated heterocycles. The predicted octanol–water partition coefficient (Wildman–Crippen LogP) is 3.99. The Balaban J connectivity index is 1.35. The van der Waals surface area contributed by atoms with Gasteiger partial charge in [-0.05, 0) is 17.7 Å². The van der Waals surface area contributed by atoms with Gasteiger partial charge in [-0.25, -0.2) is 14.4 Å². The topological polar surface area (TPSA) is 59.8 Å². The summed E-state index contributed by atoms with van der Waals surface area (Å²) in [5.41, 5.74) is 2.87. The Bertz CT molecular complexity index is 1080. The summed E-state index contributed by atoms with van der Waals surface area (Å²) in [6.45, 7) is 0.260. The van der Waals surface area contributed by atoms with Crippen molar-refractivity contribution in [2.24, 2.45) is 0 Å². The van der Waals surface area contributed by atoms with Crippen LogP contribution in [0.4, 0.5) is 4.39 Å². The Kier molecular flexibility index (Phi) is 5.25. The van der Waals surface area contributed by atoms with Crippen molar-refractivity contribution in [3.63, 3.8) is 0 Å². The van der Waals surface area contributed by atoms with E-state index in [1.54, 1.807) is 29.1 Å². The van der Waals surface area contributed by atoms with E-state index in [4.69, 9.17) is 0 Å². The van der Waals surface area contributed by atoms with Crippen molar-refractivity contribution in [1.29, 1.82) is 0 Å². The third kappa shape index (κ3) is 4.15. The molecule has 0 atom stereocenters. The number of halogens is 1. The van der Waals surface area contributed by atoms with Crippen molar-refractivity contribution in [3.8, 4) is 16.3 Å². The van der Waals surface area contributed by atoms with Crippen molar-refractivity contribution in [2.45, 2.75) is 13.0 Å². The van der Waals surface area contributed by atoms with Crippen LogP contribution in [0.15, 0.2) is 72.6 Å². The summed E-state index contributed by atoms with van der Waals surface area (Å²) in [4.78, 5) is 20.7. The van der Waals surface area contributed by atoms with E-state index >= 15 is 0 Å². The van der Waals surface area contributed by atoms with Crippen molar-refractivity contribution in [3.05, 3.63) is 89.7 Å². The first-order valence-electron chi connectivity index (χ1n) is 8.72. The molecule has 0 unspecified atom stereocenters. The first-order chi connectivity index (χ1) is 13.7. The minimum Gasteiger partial charge on any atom is -0.352 e. The van der Waals surface area contributed by atoms with Crippen LogP contribution in [-0.2, 0) is 17.8 Å². The molecule has 0 aliphatic rings. The van der Waals surface area contributed by atoms with Crippen LogP contribution in [0, 0.1) is 5.82 Å². The maximum Gasteiger partial charge on any atom is 0.226 e. The largest absolute Gasteiger partial charge is 0.352 e. The zero-order chi connectivity index (χ0) is 19.3. The number of imidazole rings is 1. The third-order valence-electron chi connectivity index (χ3n) is 4.20. The Morgan fingerprint density at radius 1 is 1.18 bits per heavy atom. The number of thiazole rings is 1. The molecule has 4 aromatic rings. The van der Waals surface area contributed by atoms with E-state index in [1.807, 2.05) is 35.7 Å². The van der Waals surface area contributed by atoms with Gasteiger partial charge in [-0.3, -0.25) is 4.79 Å². The number of hydrogen-bond acceptors (Lipinski definition) is 4. The molecule has 1 N–H and O–H groups in total. The van der Waals surface area contributed by atoms with Gasteiger partial charge in [0.25, 0.3) is 0 Å². The van der Waals surface area contributed by atoms with E-state index in [1.165, 1.54) is 23.7 Å². The van der Waals surface area contributed by atoms with Gasteiger partial charge in [0.2, 0.25) is 5.91 Å². The molecule has 4 rings (SSSR count). The van der Waals surface area contributed by atoms with Gasteiger partial charge in [-0.15, -0.1) is 11.3 Å². The number of rotatable bonds is 6. The fraction of sp³-hybridized carbons (Fsp3) is 0.0952. The van der Waals surface area contributed by atoms with Gasteiger partial charge in [0.1, 0.15) is 10.8 Å². The number of aromatic nitrogens is 3. The van der Waals surface area contributed by atoms with Gasteiger partial charge < -0.3 is 9.88 Å². The number of amides is 1. The van der Waals surface area contributed by atoms with Gasteiger partial charge in [0, 0.05) is 29.9 Å². The molecular formula is C21H17FN4OS. The lowest BCUT2D eigenvalue weighted by Crippen LogP contribution is -2.24. The molecule has 2 aromatic heterocycles. The van der Waals surface area contributed by atoms with Crippen LogP contribution in [0.3, 0.4) is 0 Å². The maximum absolute atomic E-state index is 14.3. The SMILES string of the molecule is O=C(Cc1csc(-c2ccccc2)n1)NCc1ccc(-n2ccnc2)c(F)c1. The van der Waals surface area contributed by atoms with E-state index in [0.29, 0.717) is 11.3 Å². The van der Waals surface area contributed by atoms with E-state index < -0.39 is 0 Å². The number of hydrogen-bond donors (Lipinski definition) is 1. The lowest BCUT2D eigenvalue weighted by Gasteiger charge is -2.08. The molecule has 5 nitrogen and oxygen atoms in total. The normalized spacial score (nSPS) is 10.8. The van der Waals surface area contributed by atoms with Gasteiger partial charge >= 0.3 is 0 Å². The van der Waals surface area contributed by atoms with Gasteiger partial charge in [0.05, 0.1) is 24.1 Å². The van der Waals surface area contributed by atoms with E-state index in [2.05, 4.69) is 15.3 Å². The van der Waals surface area contributed by atoms with E-state index in [0.717, 1.165) is 16.3 Å². The summed E-state index contributed by atoms with van der Waals surface area (Å²) in [5.74, 6) is -0.513. The third-order valence-corrected chi connectivity index (χ3v) is 5.14. The van der Waals surface area contributed by atoms with Crippen LogP contribution in [0.25, 0.3) is 16.3 Å². The highest BCUT2D eigenvalue weighted by Gasteiger charge is 2.10. The molecule has 0 fully saturated rings. The van der Waals surface area contributed by atoms with Crippen LogP contribution in [-0.4, -0.2) is 20.4 Å². The molecule has 0 aliphatic heterocycles. The Labute approximate surface area is 165 Å². The maximum atomic E-state index is 14.3. The summed E-state index contributed by atoms with van der Waals surface area (Å²) in [6, 6.07) is 14.7. The molecule has 140 valence electrons. The Hall–Kier alpha value is -3.32. The van der Waals surface area contributed by atoms with Gasteiger partial charge in [0.15, 0.2) is 0 Å². The second kappa shape index (κ2) is 8.14. The molecule has 0 aliphatic carbocycles. The average Bonchev–Trinajstić information content (AvgIpc) is 3.39. The minimum atomic E-state index is -0.364. The minimum absolute atomic E-state index is 0.149. The number of carbonyl (C=O) groups is 1. The van der Waals surface area contributed by atoms with Gasteiger partial charge in [-0.1, -0.05) is 36.4 Å². The molecule has 0 saturated carbocycles. The number of carbonyl (C=O) groups excluding carboxylic acids is 1. The lowest BCUT2D eigenvalue weighted by atomic mass is 10.2. The molecular weight excluding hydrogens is 375 g/mol. The van der Waals surface area contributed by atoms with Crippen LogP contribution in [0.2, 0.25) is 0 Å². The standard InChI is InChI=1S/C21H17FN4OS/c22-18-10-15(6-7-19(18)26-9-8-23-14-26)12-24-20(27)11-17-13-28-21(25-17)16-4-2-1-3-5-16/h1-10,13-14H,11-12H2,(H,24,27). The number of benzene rings is 2. The summed E-state index contributed by atoms with van der Waals surface area (Å²) in [5, 5.41) is 5.60. The zero-order valence-corrected chi connectivity index (χ0v) is 15.7. The van der Waals surface area contributed by atoms with Crippen LogP contribution < -0.4 is 5.32 Å². The quantitative estimate of drug-likeness (QED) is 0.540. The molecule has 0 radical (unpaired) electrons. The fourth-order valence-corrected chi connectivity index (χ4v) is 3.63. The highest BCUT2D eigenvalue weighted by molar-refractivity contribution is 7.13. The second-order valence-corrected chi connectivity index (χ2v) is 7.08. The number of nitrogens with one attached hydrogen (secondary N) is 1. The molecule has 0 spiro atoms. The highest BCUT2D eigenvalue weighted by Crippen LogP contribution is 2.23. The first kappa shape index (κ1) is 18.1. The summed E-state index contributed by atoms with van der Waals surface area (Å²) < 4.78 is 15.9. The zero-order valence-electron chi connectivity index (χ0n) is 14.9. The molecule has 2 aromatic carbocycles. The monoisotopic (exact) mass is 392 g/mol. The van der Waals surface area contributed by atoms with Crippen molar-refractivity contribution < 1.29 is 9.18 Å². The Morgan fingerprint density at radius 2 is 2.04 bits per heavy atom. The second-order valence-electron chi connectivity index (χ2n) is 6.22. The van der Waals surface area contributed by atoms with Crippen LogP contribution in [0.5, 0.6) is 0 Å². The first-order valence-corrected chi connectivity index (χ1v) is 9.60. The average molecular weight is 392 g/mol. The van der Waals surface area contributed by atoms with Crippen LogP contribution >= 0.6 is 11.3 Å². The lowest BCUT2D eigenvalue weighted by molar-refractivity contribution is -0.120. The van der Waals surface area contributed by atoms with Gasteiger partial charge in [-0.2, -0.15) is 0 Å². The van der Waals surface area contributed by atoms with E-state index in [-0.39, 0.29) is 24.7 Å². The number of nitrogens with zero attached hydrogens (tertiary/aromatic N) is 3. The van der Waals surface area contributed by atoms with Crippen LogP contribution in [0.1, 0.15) is 11.3 Å². The summed E-state index contributed by atoms with van der Waals surface area (Å²) in [6.07, 6.45) is 5.00.